The lowest BCUT2D eigenvalue weighted by Crippen LogP contribution is -2.71. The molecule has 3 fully saturated rings. The summed E-state index contributed by atoms with van der Waals surface area (Å²) in [5.41, 5.74) is 4.31. The van der Waals surface area contributed by atoms with Gasteiger partial charge in [0.25, 0.3) is 0 Å². The van der Waals surface area contributed by atoms with Gasteiger partial charge in [-0.1, -0.05) is 133 Å². The number of ether oxygens (including phenoxy) is 2. The molecule has 0 amide bonds. The molecule has 0 aromatic heterocycles. The Kier molecular flexibility index (Phi) is 6.62. The highest BCUT2D eigenvalue weighted by Crippen LogP contribution is 2.74. The van der Waals surface area contributed by atoms with Crippen molar-refractivity contribution in [3.8, 4) is 0 Å². The van der Waals surface area contributed by atoms with Crippen LogP contribution in [0.5, 0.6) is 0 Å². The molecular formula is C44H34O4. The van der Waals surface area contributed by atoms with E-state index in [0.717, 1.165) is 24.0 Å². The molecule has 0 heterocycles. The van der Waals surface area contributed by atoms with E-state index in [-0.39, 0.29) is 11.8 Å². The Balaban J connectivity index is 1.35. The minimum atomic E-state index is -0.778. The summed E-state index contributed by atoms with van der Waals surface area (Å²) in [6.07, 6.45) is -0.0484. The molecule has 6 aromatic carbocycles. The van der Waals surface area contributed by atoms with Crippen LogP contribution < -0.4 is 0 Å². The van der Waals surface area contributed by atoms with Crippen molar-refractivity contribution in [2.45, 2.75) is 47.7 Å². The van der Waals surface area contributed by atoms with Gasteiger partial charge in [0.05, 0.1) is 11.1 Å². The van der Waals surface area contributed by atoms with Gasteiger partial charge in [-0.3, -0.25) is 0 Å². The molecule has 0 saturated heterocycles. The number of fused-ring (bicyclic) bond motifs is 2. The molecule has 48 heavy (non-hydrogen) atoms. The highest BCUT2D eigenvalue weighted by atomic mass is 16.6. The first-order valence-corrected chi connectivity index (χ1v) is 16.8. The standard InChI is InChI=1S/C44H34O4/c45-41(30-15-5-1-6-16-30)47-39-40(48-42(46)31-17-7-2-8-18-31)44(33-23-11-4-12-24-33)28-27-43(39,32-21-9-3-10-22-32)37-34-25-13-19-29-20-14-26-35(36(29)34)38(37)44/h1-26,37-40H,27-28H2/t37?,38?,39?,40?,43-,44?/m0/s1. The summed E-state index contributed by atoms with van der Waals surface area (Å²) in [4.78, 5) is 28.5. The van der Waals surface area contributed by atoms with E-state index in [2.05, 4.69) is 84.9 Å². The van der Waals surface area contributed by atoms with Crippen LogP contribution in [0.2, 0.25) is 0 Å². The quantitative estimate of drug-likeness (QED) is 0.173. The molecule has 234 valence electrons. The summed E-state index contributed by atoms with van der Waals surface area (Å²) in [6, 6.07) is 52.5. The zero-order valence-electron chi connectivity index (χ0n) is 26.4. The predicted octanol–water partition coefficient (Wildman–Crippen LogP) is 9.16. The average molecular weight is 627 g/mol. The topological polar surface area (TPSA) is 52.6 Å². The fraction of sp³-hybridized carbons (Fsp3) is 0.182. The molecule has 0 N–H and O–H groups in total. The molecule has 5 unspecified atom stereocenters. The van der Waals surface area contributed by atoms with Crippen molar-refractivity contribution in [1.29, 1.82) is 0 Å². The molecular weight excluding hydrogens is 592 g/mol. The van der Waals surface area contributed by atoms with Crippen molar-refractivity contribution in [3.63, 3.8) is 0 Å². The number of hydrogen-bond donors (Lipinski definition) is 0. The van der Waals surface area contributed by atoms with Crippen LogP contribution in [0.4, 0.5) is 0 Å². The van der Waals surface area contributed by atoms with E-state index in [1.807, 2.05) is 48.5 Å². The number of hydrogen-bond acceptors (Lipinski definition) is 4. The van der Waals surface area contributed by atoms with Gasteiger partial charge in [-0.2, -0.15) is 0 Å². The van der Waals surface area contributed by atoms with Gasteiger partial charge in [-0.15, -0.1) is 0 Å². The van der Waals surface area contributed by atoms with Crippen LogP contribution in [-0.4, -0.2) is 24.1 Å². The molecule has 4 aliphatic carbocycles. The Hall–Kier alpha value is -5.48. The Bertz CT molecular complexity index is 2000. The molecule has 4 heteroatoms. The first kappa shape index (κ1) is 28.7. The second-order valence-electron chi connectivity index (χ2n) is 13.4. The van der Waals surface area contributed by atoms with Crippen LogP contribution in [0.3, 0.4) is 0 Å². The minimum Gasteiger partial charge on any atom is -0.454 e. The van der Waals surface area contributed by atoms with Gasteiger partial charge < -0.3 is 9.47 Å². The summed E-state index contributed by atoms with van der Waals surface area (Å²) in [5, 5.41) is 2.46. The van der Waals surface area contributed by atoms with Crippen molar-refractivity contribution < 1.29 is 19.1 Å². The Labute approximate surface area is 280 Å². The Morgan fingerprint density at radius 1 is 0.458 bits per heavy atom. The number of benzene rings is 6. The van der Waals surface area contributed by atoms with Crippen molar-refractivity contribution in [2.75, 3.05) is 0 Å². The van der Waals surface area contributed by atoms with Gasteiger partial charge in [0.2, 0.25) is 0 Å². The van der Waals surface area contributed by atoms with Crippen LogP contribution in [0.15, 0.2) is 158 Å². The summed E-state index contributed by atoms with van der Waals surface area (Å²) in [7, 11) is 0. The van der Waals surface area contributed by atoms with Gasteiger partial charge in [0, 0.05) is 22.7 Å². The molecule has 0 radical (unpaired) electrons. The van der Waals surface area contributed by atoms with Gasteiger partial charge >= 0.3 is 11.9 Å². The third kappa shape index (κ3) is 4.02. The van der Waals surface area contributed by atoms with E-state index < -0.39 is 35.0 Å². The smallest absolute Gasteiger partial charge is 0.338 e. The second kappa shape index (κ2) is 11.1. The van der Waals surface area contributed by atoms with Crippen LogP contribution >= 0.6 is 0 Å². The number of rotatable bonds is 6. The molecule has 10 rings (SSSR count). The number of carbonyl (C=O) groups excluding carboxylic acids is 2. The fourth-order valence-electron chi connectivity index (χ4n) is 9.65. The van der Waals surface area contributed by atoms with Crippen molar-refractivity contribution in [1.82, 2.24) is 0 Å². The third-order valence-electron chi connectivity index (χ3n) is 11.4. The summed E-state index contributed by atoms with van der Waals surface area (Å²) < 4.78 is 13.7. The first-order valence-electron chi connectivity index (χ1n) is 16.8. The fourth-order valence-corrected chi connectivity index (χ4v) is 9.65. The minimum absolute atomic E-state index is 0.0322. The Morgan fingerprint density at radius 2 is 0.833 bits per heavy atom. The highest BCUT2D eigenvalue weighted by molar-refractivity contribution is 5.94. The normalized spacial score (nSPS) is 26.5. The molecule has 0 aliphatic heterocycles. The van der Waals surface area contributed by atoms with Gasteiger partial charge in [0.1, 0.15) is 0 Å². The van der Waals surface area contributed by atoms with Crippen molar-refractivity contribution in [3.05, 3.63) is 191 Å². The van der Waals surface area contributed by atoms with E-state index >= 15 is 0 Å². The molecule has 3 saturated carbocycles. The van der Waals surface area contributed by atoms with Crippen molar-refractivity contribution >= 4 is 22.7 Å². The van der Waals surface area contributed by atoms with Crippen LogP contribution in [0.25, 0.3) is 10.8 Å². The van der Waals surface area contributed by atoms with Crippen LogP contribution in [0, 0.1) is 0 Å². The predicted molar refractivity (Wildman–Crippen MR) is 186 cm³/mol. The van der Waals surface area contributed by atoms with E-state index in [1.54, 1.807) is 24.3 Å². The second-order valence-corrected chi connectivity index (χ2v) is 13.4. The number of esters is 2. The average Bonchev–Trinajstić information content (AvgIpc) is 3.52. The molecule has 6 atom stereocenters. The summed E-state index contributed by atoms with van der Waals surface area (Å²) in [5.74, 6) is -0.902. The molecule has 4 aliphatic rings. The molecule has 6 aromatic rings. The van der Waals surface area contributed by atoms with E-state index in [4.69, 9.17) is 9.47 Å². The Morgan fingerprint density at radius 3 is 1.23 bits per heavy atom. The maximum atomic E-state index is 14.2. The molecule has 4 nitrogen and oxygen atoms in total. The van der Waals surface area contributed by atoms with Crippen molar-refractivity contribution in [2.24, 2.45) is 0 Å². The van der Waals surface area contributed by atoms with E-state index in [1.165, 1.54) is 21.9 Å². The lowest BCUT2D eigenvalue weighted by atomic mass is 9.39. The summed E-state index contributed by atoms with van der Waals surface area (Å²) in [6.45, 7) is 0. The maximum Gasteiger partial charge on any atom is 0.338 e. The third-order valence-corrected chi connectivity index (χ3v) is 11.4. The zero-order valence-corrected chi connectivity index (χ0v) is 26.4. The highest BCUT2D eigenvalue weighted by Gasteiger charge is 2.74. The van der Waals surface area contributed by atoms with Gasteiger partial charge in [0.15, 0.2) is 12.2 Å². The lowest BCUT2D eigenvalue weighted by molar-refractivity contribution is -0.165. The SMILES string of the molecule is O=C(OC1C(OC(=O)c2ccccc2)[C@]2(c3ccccc3)CCC1(c1ccccc1)C1c3cccc4cccc(c34)C12)c1ccccc1. The lowest BCUT2D eigenvalue weighted by Gasteiger charge is -2.66. The first-order chi connectivity index (χ1) is 23.6. The van der Waals surface area contributed by atoms with Crippen LogP contribution in [0.1, 0.15) is 67.6 Å². The van der Waals surface area contributed by atoms with Crippen LogP contribution in [-0.2, 0) is 20.3 Å². The van der Waals surface area contributed by atoms with E-state index in [9.17, 15) is 9.59 Å². The zero-order chi connectivity index (χ0) is 32.3. The summed E-state index contributed by atoms with van der Waals surface area (Å²) >= 11 is 0. The monoisotopic (exact) mass is 626 g/mol. The van der Waals surface area contributed by atoms with Gasteiger partial charge in [-0.25, -0.2) is 9.59 Å². The maximum absolute atomic E-state index is 14.2. The largest absolute Gasteiger partial charge is 0.454 e. The number of carbonyl (C=O) groups is 2. The van der Waals surface area contributed by atoms with Gasteiger partial charge in [-0.05, 0) is 70.1 Å². The molecule has 2 bridgehead atoms. The van der Waals surface area contributed by atoms with E-state index in [0.29, 0.717) is 11.1 Å². The molecule has 0 spiro atoms.